The summed E-state index contributed by atoms with van der Waals surface area (Å²) in [6.45, 7) is 0.0441. The van der Waals surface area contributed by atoms with E-state index in [4.69, 9.17) is 5.11 Å². The SMILES string of the molecule is [NH3+][C@H](CCO)c1ccccc1F. The van der Waals surface area contributed by atoms with Gasteiger partial charge < -0.3 is 10.8 Å². The molecule has 0 aliphatic carbocycles. The second-order valence-electron chi connectivity index (χ2n) is 2.73. The topological polar surface area (TPSA) is 47.9 Å². The molecule has 1 aromatic carbocycles. The smallest absolute Gasteiger partial charge is 0.132 e. The average molecular weight is 170 g/mol. The molecule has 0 heterocycles. The Morgan fingerprint density at radius 1 is 1.42 bits per heavy atom. The molecule has 0 amide bonds. The van der Waals surface area contributed by atoms with Crippen LogP contribution in [0.3, 0.4) is 0 Å². The van der Waals surface area contributed by atoms with Gasteiger partial charge in [-0.15, -0.1) is 0 Å². The first-order valence-electron chi connectivity index (χ1n) is 3.94. The van der Waals surface area contributed by atoms with Crippen LogP contribution in [0.1, 0.15) is 18.0 Å². The van der Waals surface area contributed by atoms with E-state index in [1.165, 1.54) is 6.07 Å². The Morgan fingerprint density at radius 2 is 2.08 bits per heavy atom. The highest BCUT2D eigenvalue weighted by atomic mass is 19.1. The summed E-state index contributed by atoms with van der Waals surface area (Å²) in [5.74, 6) is -0.244. The van der Waals surface area contributed by atoms with Crippen molar-refractivity contribution in [2.75, 3.05) is 6.61 Å². The molecule has 3 heteroatoms. The van der Waals surface area contributed by atoms with Gasteiger partial charge in [-0.25, -0.2) is 4.39 Å². The van der Waals surface area contributed by atoms with E-state index in [0.29, 0.717) is 12.0 Å². The van der Waals surface area contributed by atoms with Crippen LogP contribution in [0.2, 0.25) is 0 Å². The molecule has 0 spiro atoms. The molecule has 66 valence electrons. The number of hydrogen-bond acceptors (Lipinski definition) is 1. The van der Waals surface area contributed by atoms with Crippen LogP contribution in [-0.2, 0) is 0 Å². The van der Waals surface area contributed by atoms with Gasteiger partial charge in [-0.2, -0.15) is 0 Å². The molecule has 0 radical (unpaired) electrons. The second-order valence-corrected chi connectivity index (χ2v) is 2.73. The molecule has 1 aromatic rings. The van der Waals surface area contributed by atoms with Crippen molar-refractivity contribution in [3.63, 3.8) is 0 Å². The molecular formula is C9H13FNO+. The molecule has 0 bridgehead atoms. The molecule has 0 saturated heterocycles. The summed E-state index contributed by atoms with van der Waals surface area (Å²) in [7, 11) is 0. The van der Waals surface area contributed by atoms with Crippen molar-refractivity contribution < 1.29 is 15.2 Å². The second kappa shape index (κ2) is 4.18. The van der Waals surface area contributed by atoms with Crippen molar-refractivity contribution in [3.05, 3.63) is 35.6 Å². The highest BCUT2D eigenvalue weighted by molar-refractivity contribution is 5.19. The van der Waals surface area contributed by atoms with Gasteiger partial charge in [0.25, 0.3) is 0 Å². The third-order valence-corrected chi connectivity index (χ3v) is 1.82. The Kier molecular flexibility index (Phi) is 3.19. The van der Waals surface area contributed by atoms with Crippen LogP contribution in [0.4, 0.5) is 4.39 Å². The van der Waals surface area contributed by atoms with E-state index in [2.05, 4.69) is 5.73 Å². The minimum absolute atomic E-state index is 0.0441. The molecule has 0 aliphatic heterocycles. The molecule has 2 nitrogen and oxygen atoms in total. The van der Waals surface area contributed by atoms with Crippen LogP contribution < -0.4 is 5.73 Å². The number of rotatable bonds is 3. The zero-order valence-electron chi connectivity index (χ0n) is 6.83. The van der Waals surface area contributed by atoms with E-state index < -0.39 is 0 Å². The van der Waals surface area contributed by atoms with Crippen molar-refractivity contribution in [1.82, 2.24) is 0 Å². The molecule has 0 fully saturated rings. The number of benzene rings is 1. The predicted octanol–water partition coefficient (Wildman–Crippen LogP) is 0.491. The van der Waals surface area contributed by atoms with Gasteiger partial charge in [0.15, 0.2) is 0 Å². The van der Waals surface area contributed by atoms with Gasteiger partial charge in [0.05, 0.1) is 0 Å². The number of quaternary nitrogens is 1. The molecule has 12 heavy (non-hydrogen) atoms. The van der Waals surface area contributed by atoms with Crippen molar-refractivity contribution in [2.24, 2.45) is 0 Å². The van der Waals surface area contributed by atoms with Gasteiger partial charge in [-0.1, -0.05) is 18.2 Å². The molecule has 4 N–H and O–H groups in total. The minimum Gasteiger partial charge on any atom is -0.396 e. The van der Waals surface area contributed by atoms with Gasteiger partial charge in [-0.3, -0.25) is 0 Å². The van der Waals surface area contributed by atoms with Gasteiger partial charge >= 0.3 is 0 Å². The van der Waals surface area contributed by atoms with Crippen molar-refractivity contribution in [3.8, 4) is 0 Å². The average Bonchev–Trinajstić information content (AvgIpc) is 2.05. The summed E-state index contributed by atoms with van der Waals surface area (Å²) in [6.07, 6.45) is 0.501. The zero-order valence-corrected chi connectivity index (χ0v) is 6.83. The number of hydrogen-bond donors (Lipinski definition) is 2. The molecule has 0 saturated carbocycles. The highest BCUT2D eigenvalue weighted by Crippen LogP contribution is 2.14. The zero-order chi connectivity index (χ0) is 8.97. The summed E-state index contributed by atoms with van der Waals surface area (Å²) in [4.78, 5) is 0. The molecule has 0 aromatic heterocycles. The number of aliphatic hydroxyl groups excluding tert-OH is 1. The Labute approximate surface area is 70.8 Å². The lowest BCUT2D eigenvalue weighted by atomic mass is 10.0. The highest BCUT2D eigenvalue weighted by Gasteiger charge is 2.12. The summed E-state index contributed by atoms with van der Waals surface area (Å²) < 4.78 is 13.0. The third-order valence-electron chi connectivity index (χ3n) is 1.82. The quantitative estimate of drug-likeness (QED) is 0.681. The van der Waals surface area contributed by atoms with Crippen LogP contribution in [0.15, 0.2) is 24.3 Å². The Morgan fingerprint density at radius 3 is 2.67 bits per heavy atom. The monoisotopic (exact) mass is 170 g/mol. The van der Waals surface area contributed by atoms with Crippen molar-refractivity contribution in [2.45, 2.75) is 12.5 Å². The molecule has 1 atom stereocenters. The minimum atomic E-state index is -0.244. The number of aliphatic hydroxyl groups is 1. The lowest BCUT2D eigenvalue weighted by Crippen LogP contribution is -2.54. The standard InChI is InChI=1S/C9H12FNO/c10-8-4-2-1-3-7(8)9(11)5-6-12/h1-4,9,12H,5-6,11H2/p+1/t9-/m1/s1. The maximum Gasteiger partial charge on any atom is 0.132 e. The molecule has 0 aliphatic rings. The fourth-order valence-corrected chi connectivity index (χ4v) is 1.12. The van der Waals surface area contributed by atoms with Crippen LogP contribution in [0.5, 0.6) is 0 Å². The van der Waals surface area contributed by atoms with E-state index in [1.807, 2.05) is 0 Å². The van der Waals surface area contributed by atoms with Gasteiger partial charge in [0.2, 0.25) is 0 Å². The van der Waals surface area contributed by atoms with E-state index in [1.54, 1.807) is 18.2 Å². The van der Waals surface area contributed by atoms with E-state index in [-0.39, 0.29) is 18.5 Å². The molecule has 1 rings (SSSR count). The predicted molar refractivity (Wildman–Crippen MR) is 43.7 cm³/mol. The summed E-state index contributed by atoms with van der Waals surface area (Å²) in [5, 5.41) is 8.63. The number of halogens is 1. The summed E-state index contributed by atoms with van der Waals surface area (Å²) in [6, 6.07) is 6.36. The largest absolute Gasteiger partial charge is 0.396 e. The van der Waals surface area contributed by atoms with Crippen LogP contribution >= 0.6 is 0 Å². The van der Waals surface area contributed by atoms with Crippen molar-refractivity contribution >= 4 is 0 Å². The molecule has 0 unspecified atom stereocenters. The lowest BCUT2D eigenvalue weighted by Gasteiger charge is -2.07. The third kappa shape index (κ3) is 2.03. The van der Waals surface area contributed by atoms with E-state index in [9.17, 15) is 4.39 Å². The van der Waals surface area contributed by atoms with E-state index in [0.717, 1.165) is 0 Å². The first-order valence-corrected chi connectivity index (χ1v) is 3.94. The van der Waals surface area contributed by atoms with Crippen LogP contribution in [-0.4, -0.2) is 11.7 Å². The van der Waals surface area contributed by atoms with Gasteiger partial charge in [-0.05, 0) is 6.07 Å². The van der Waals surface area contributed by atoms with Crippen molar-refractivity contribution in [1.29, 1.82) is 0 Å². The first-order chi connectivity index (χ1) is 5.75. The first kappa shape index (κ1) is 9.16. The fraction of sp³-hybridized carbons (Fsp3) is 0.333. The summed E-state index contributed by atoms with van der Waals surface area (Å²) >= 11 is 0. The van der Waals surface area contributed by atoms with Crippen LogP contribution in [0.25, 0.3) is 0 Å². The maximum atomic E-state index is 13.0. The Hall–Kier alpha value is -0.930. The lowest BCUT2D eigenvalue weighted by molar-refractivity contribution is -0.429. The normalized spacial score (nSPS) is 12.9. The Balaban J connectivity index is 2.79. The molecular weight excluding hydrogens is 157 g/mol. The van der Waals surface area contributed by atoms with Gasteiger partial charge in [0, 0.05) is 18.6 Å². The Bertz CT molecular complexity index is 252. The fourth-order valence-electron chi connectivity index (χ4n) is 1.12. The maximum absolute atomic E-state index is 13.0. The summed E-state index contributed by atoms with van der Waals surface area (Å²) in [5.41, 5.74) is 4.33. The van der Waals surface area contributed by atoms with Crippen LogP contribution in [0, 0.1) is 5.82 Å². The van der Waals surface area contributed by atoms with Gasteiger partial charge in [0.1, 0.15) is 11.9 Å². The van der Waals surface area contributed by atoms with E-state index >= 15 is 0 Å².